The second kappa shape index (κ2) is 8.03. The fourth-order valence-electron chi connectivity index (χ4n) is 2.11. The molecule has 0 bridgehead atoms. The van der Waals surface area contributed by atoms with E-state index in [0.29, 0.717) is 0 Å². The minimum Gasteiger partial charge on any atom is -0.373 e. The molecule has 1 aliphatic heterocycles. The number of nitrogens with one attached hydrogen (secondary N) is 1. The highest BCUT2D eigenvalue weighted by Crippen LogP contribution is 2.12. The van der Waals surface area contributed by atoms with Crippen molar-refractivity contribution in [2.45, 2.75) is 65.1 Å². The quantitative estimate of drug-likeness (QED) is 0.696. The fraction of sp³-hybridized carbons (Fsp3) is 1.00. The summed E-state index contributed by atoms with van der Waals surface area (Å²) in [5, 5.41) is 3.30. The van der Waals surface area contributed by atoms with Gasteiger partial charge in [0, 0.05) is 13.1 Å². The van der Waals surface area contributed by atoms with Gasteiger partial charge in [-0.1, -0.05) is 13.3 Å². The first-order chi connectivity index (χ1) is 8.13. The third kappa shape index (κ3) is 5.82. The zero-order chi connectivity index (χ0) is 12.7. The number of hydrogen-bond acceptors (Lipinski definition) is 4. The van der Waals surface area contributed by atoms with E-state index in [1.807, 2.05) is 13.8 Å². The molecule has 0 spiro atoms. The Kier molecular flexibility index (Phi) is 7.04. The topological polar surface area (TPSA) is 39.7 Å². The van der Waals surface area contributed by atoms with Gasteiger partial charge in [0.25, 0.3) is 0 Å². The highest BCUT2D eigenvalue weighted by atomic mass is 16.7. The van der Waals surface area contributed by atoms with Crippen molar-refractivity contribution >= 4 is 0 Å². The van der Waals surface area contributed by atoms with Crippen LogP contribution >= 0.6 is 0 Å². The van der Waals surface area contributed by atoms with Crippen molar-refractivity contribution < 1.29 is 14.2 Å². The molecule has 0 aromatic heterocycles. The molecule has 1 N–H and O–H groups in total. The van der Waals surface area contributed by atoms with Crippen molar-refractivity contribution in [2.75, 3.05) is 19.7 Å². The third-order valence-electron chi connectivity index (χ3n) is 3.01. The van der Waals surface area contributed by atoms with Crippen LogP contribution in [0.4, 0.5) is 0 Å². The van der Waals surface area contributed by atoms with Gasteiger partial charge in [0.2, 0.25) is 0 Å². The SMILES string of the molecule is CCCC(C)OC(C)OC(C)C1CNCCO1. The van der Waals surface area contributed by atoms with Gasteiger partial charge in [-0.3, -0.25) is 0 Å². The maximum absolute atomic E-state index is 5.82. The molecule has 0 aromatic rings. The molecule has 4 unspecified atom stereocenters. The molecule has 4 nitrogen and oxygen atoms in total. The van der Waals surface area contributed by atoms with Gasteiger partial charge in [-0.2, -0.15) is 0 Å². The van der Waals surface area contributed by atoms with Gasteiger partial charge >= 0.3 is 0 Å². The van der Waals surface area contributed by atoms with Gasteiger partial charge in [-0.15, -0.1) is 0 Å². The van der Waals surface area contributed by atoms with Gasteiger partial charge in [-0.05, 0) is 27.2 Å². The maximum atomic E-state index is 5.82. The van der Waals surface area contributed by atoms with E-state index in [4.69, 9.17) is 14.2 Å². The smallest absolute Gasteiger partial charge is 0.155 e. The van der Waals surface area contributed by atoms with E-state index in [-0.39, 0.29) is 24.6 Å². The van der Waals surface area contributed by atoms with E-state index in [2.05, 4.69) is 19.2 Å². The Balaban J connectivity index is 2.21. The van der Waals surface area contributed by atoms with Crippen LogP contribution in [0.15, 0.2) is 0 Å². The standard InChI is InChI=1S/C13H27NO3/c1-5-6-10(2)16-12(4)17-11(3)13-9-14-7-8-15-13/h10-14H,5-9H2,1-4H3. The molecular weight excluding hydrogens is 218 g/mol. The molecule has 1 heterocycles. The average molecular weight is 245 g/mol. The predicted octanol–water partition coefficient (Wildman–Crippen LogP) is 1.93. The molecule has 0 amide bonds. The molecule has 1 rings (SSSR count). The molecule has 0 aromatic carbocycles. The van der Waals surface area contributed by atoms with Gasteiger partial charge in [0.05, 0.1) is 24.9 Å². The van der Waals surface area contributed by atoms with E-state index in [9.17, 15) is 0 Å². The third-order valence-corrected chi connectivity index (χ3v) is 3.01. The predicted molar refractivity (Wildman–Crippen MR) is 68.1 cm³/mol. The Morgan fingerprint density at radius 3 is 2.65 bits per heavy atom. The number of ether oxygens (including phenoxy) is 3. The molecule has 102 valence electrons. The Morgan fingerprint density at radius 2 is 2.06 bits per heavy atom. The summed E-state index contributed by atoms with van der Waals surface area (Å²) in [6.07, 6.45) is 2.50. The monoisotopic (exact) mass is 245 g/mol. The van der Waals surface area contributed by atoms with E-state index in [0.717, 1.165) is 32.5 Å². The van der Waals surface area contributed by atoms with E-state index < -0.39 is 0 Å². The van der Waals surface area contributed by atoms with Crippen molar-refractivity contribution in [3.63, 3.8) is 0 Å². The minimum atomic E-state index is -0.169. The maximum Gasteiger partial charge on any atom is 0.155 e. The van der Waals surface area contributed by atoms with Crippen LogP contribution in [0.3, 0.4) is 0 Å². The summed E-state index contributed by atoms with van der Waals surface area (Å²) in [5.41, 5.74) is 0. The van der Waals surface area contributed by atoms with Crippen LogP contribution in [0.25, 0.3) is 0 Å². The van der Waals surface area contributed by atoms with Crippen molar-refractivity contribution in [1.82, 2.24) is 5.32 Å². The van der Waals surface area contributed by atoms with Crippen LogP contribution in [0.1, 0.15) is 40.5 Å². The van der Waals surface area contributed by atoms with Crippen LogP contribution < -0.4 is 5.32 Å². The first-order valence-corrected chi connectivity index (χ1v) is 6.76. The van der Waals surface area contributed by atoms with E-state index >= 15 is 0 Å². The normalized spacial score (nSPS) is 26.5. The zero-order valence-electron chi connectivity index (χ0n) is 11.6. The number of hydrogen-bond donors (Lipinski definition) is 1. The van der Waals surface area contributed by atoms with Gasteiger partial charge < -0.3 is 19.5 Å². The van der Waals surface area contributed by atoms with Crippen molar-refractivity contribution in [3.8, 4) is 0 Å². The molecule has 17 heavy (non-hydrogen) atoms. The Hall–Kier alpha value is -0.160. The molecule has 0 aliphatic carbocycles. The summed E-state index contributed by atoms with van der Waals surface area (Å²) in [4.78, 5) is 0. The molecular formula is C13H27NO3. The Bertz CT molecular complexity index is 195. The number of rotatable bonds is 7. The fourth-order valence-corrected chi connectivity index (χ4v) is 2.11. The highest BCUT2D eigenvalue weighted by Gasteiger charge is 2.23. The van der Waals surface area contributed by atoms with Crippen LogP contribution in [-0.2, 0) is 14.2 Å². The highest BCUT2D eigenvalue weighted by molar-refractivity contribution is 4.73. The minimum absolute atomic E-state index is 0.0617. The lowest BCUT2D eigenvalue weighted by atomic mass is 10.2. The Morgan fingerprint density at radius 1 is 1.29 bits per heavy atom. The molecule has 1 aliphatic rings. The Labute approximate surface area is 105 Å². The molecule has 0 radical (unpaired) electrons. The second-order valence-corrected chi connectivity index (χ2v) is 4.76. The first-order valence-electron chi connectivity index (χ1n) is 6.76. The number of morpholine rings is 1. The molecule has 1 fully saturated rings. The second-order valence-electron chi connectivity index (χ2n) is 4.76. The van der Waals surface area contributed by atoms with Crippen molar-refractivity contribution in [3.05, 3.63) is 0 Å². The lowest BCUT2D eigenvalue weighted by Crippen LogP contribution is -2.46. The average Bonchev–Trinajstić information content (AvgIpc) is 2.30. The zero-order valence-corrected chi connectivity index (χ0v) is 11.6. The first kappa shape index (κ1) is 14.9. The summed E-state index contributed by atoms with van der Waals surface area (Å²) in [6, 6.07) is 0. The molecule has 4 heteroatoms. The van der Waals surface area contributed by atoms with E-state index in [1.54, 1.807) is 0 Å². The largest absolute Gasteiger partial charge is 0.373 e. The van der Waals surface area contributed by atoms with Crippen molar-refractivity contribution in [2.24, 2.45) is 0 Å². The summed E-state index contributed by atoms with van der Waals surface area (Å²) >= 11 is 0. The lowest BCUT2D eigenvalue weighted by Gasteiger charge is -2.31. The molecule has 1 saturated heterocycles. The summed E-state index contributed by atoms with van der Waals surface area (Å²) < 4.78 is 17.2. The summed E-state index contributed by atoms with van der Waals surface area (Å²) in [7, 11) is 0. The van der Waals surface area contributed by atoms with Gasteiger partial charge in [-0.25, -0.2) is 0 Å². The lowest BCUT2D eigenvalue weighted by molar-refractivity contribution is -0.203. The molecule has 0 saturated carbocycles. The van der Waals surface area contributed by atoms with Crippen LogP contribution in [0.2, 0.25) is 0 Å². The van der Waals surface area contributed by atoms with Crippen LogP contribution in [-0.4, -0.2) is 44.3 Å². The van der Waals surface area contributed by atoms with E-state index in [1.165, 1.54) is 0 Å². The molecule has 4 atom stereocenters. The van der Waals surface area contributed by atoms with Gasteiger partial charge in [0.1, 0.15) is 0 Å². The van der Waals surface area contributed by atoms with Crippen molar-refractivity contribution in [1.29, 1.82) is 0 Å². The summed E-state index contributed by atoms with van der Waals surface area (Å²) in [6.45, 7) is 10.8. The van der Waals surface area contributed by atoms with Crippen LogP contribution in [0.5, 0.6) is 0 Å². The summed E-state index contributed by atoms with van der Waals surface area (Å²) in [5.74, 6) is 0. The van der Waals surface area contributed by atoms with Crippen LogP contribution in [0, 0.1) is 0 Å². The van der Waals surface area contributed by atoms with Gasteiger partial charge in [0.15, 0.2) is 6.29 Å².